The molecule has 0 amide bonds. The van der Waals surface area contributed by atoms with Gasteiger partial charge in [-0.2, -0.15) is 0 Å². The van der Waals surface area contributed by atoms with Crippen LogP contribution in [-0.4, -0.2) is 17.3 Å². The molecule has 5 heteroatoms. The molecule has 0 fully saturated rings. The molecule has 0 N–H and O–H groups in total. The zero-order chi connectivity index (χ0) is 12.8. The third kappa shape index (κ3) is 3.62. The number of nitro groups is 1. The van der Waals surface area contributed by atoms with E-state index < -0.39 is 23.2 Å². The third-order valence-corrected chi connectivity index (χ3v) is 2.50. The van der Waals surface area contributed by atoms with Crippen LogP contribution in [0.5, 0.6) is 0 Å². The lowest BCUT2D eigenvalue weighted by Crippen LogP contribution is -2.22. The number of halogens is 1. The summed E-state index contributed by atoms with van der Waals surface area (Å²) in [5.74, 6) is -1.83. The average Bonchev–Trinajstić information content (AvgIpc) is 2.27. The Hall–Kier alpha value is -1.78. The Kier molecular flexibility index (Phi) is 4.75. The average molecular weight is 239 g/mol. The van der Waals surface area contributed by atoms with E-state index in [0.717, 1.165) is 0 Å². The van der Waals surface area contributed by atoms with E-state index in [-0.39, 0.29) is 17.8 Å². The SMILES string of the molecule is CCCC(=O)[C@@H](C[N+](=O)[O-])c1ccccc1F. The highest BCUT2D eigenvalue weighted by molar-refractivity contribution is 5.85. The van der Waals surface area contributed by atoms with E-state index in [1.807, 2.05) is 6.92 Å². The van der Waals surface area contributed by atoms with Crippen LogP contribution in [-0.2, 0) is 4.79 Å². The van der Waals surface area contributed by atoms with E-state index in [1.54, 1.807) is 6.07 Å². The highest BCUT2D eigenvalue weighted by Gasteiger charge is 2.27. The standard InChI is InChI=1S/C12H14FNO3/c1-2-5-12(15)10(8-14(16)17)9-6-3-4-7-11(9)13/h3-4,6-7,10H,2,5,8H2,1H3/t10-/m0/s1. The molecule has 0 bridgehead atoms. The molecule has 1 aromatic carbocycles. The fourth-order valence-electron chi connectivity index (χ4n) is 1.70. The molecule has 0 heterocycles. The van der Waals surface area contributed by atoms with E-state index in [0.29, 0.717) is 6.42 Å². The number of benzene rings is 1. The van der Waals surface area contributed by atoms with Gasteiger partial charge in [-0.3, -0.25) is 14.9 Å². The van der Waals surface area contributed by atoms with Gasteiger partial charge in [0.1, 0.15) is 17.5 Å². The number of rotatable bonds is 6. The Morgan fingerprint density at radius 1 is 1.47 bits per heavy atom. The lowest BCUT2D eigenvalue weighted by molar-refractivity contribution is -0.481. The number of Topliss-reactive ketones (excluding diaryl/α,β-unsaturated/α-hetero) is 1. The van der Waals surface area contributed by atoms with Crippen LogP contribution in [0.15, 0.2) is 24.3 Å². The summed E-state index contributed by atoms with van der Waals surface area (Å²) in [6.07, 6.45) is 0.828. The predicted octanol–water partition coefficient (Wildman–Crippen LogP) is 2.56. The van der Waals surface area contributed by atoms with E-state index >= 15 is 0 Å². The molecule has 1 rings (SSSR count). The van der Waals surface area contributed by atoms with Crippen LogP contribution in [0.2, 0.25) is 0 Å². The highest BCUT2D eigenvalue weighted by atomic mass is 19.1. The first-order valence-electron chi connectivity index (χ1n) is 5.45. The van der Waals surface area contributed by atoms with Crippen molar-refractivity contribution in [3.05, 3.63) is 45.8 Å². The summed E-state index contributed by atoms with van der Waals surface area (Å²) in [4.78, 5) is 21.7. The van der Waals surface area contributed by atoms with Crippen molar-refractivity contribution in [3.63, 3.8) is 0 Å². The largest absolute Gasteiger partial charge is 0.299 e. The van der Waals surface area contributed by atoms with Gasteiger partial charge in [-0.25, -0.2) is 4.39 Å². The lowest BCUT2D eigenvalue weighted by Gasteiger charge is -2.12. The van der Waals surface area contributed by atoms with E-state index in [4.69, 9.17) is 0 Å². The fourth-order valence-corrected chi connectivity index (χ4v) is 1.70. The second kappa shape index (κ2) is 6.08. The van der Waals surface area contributed by atoms with Crippen molar-refractivity contribution in [3.8, 4) is 0 Å². The van der Waals surface area contributed by atoms with Crippen LogP contribution in [0.25, 0.3) is 0 Å². The zero-order valence-electron chi connectivity index (χ0n) is 9.56. The van der Waals surface area contributed by atoms with Gasteiger partial charge in [0.25, 0.3) is 0 Å². The van der Waals surface area contributed by atoms with Crippen molar-refractivity contribution in [2.24, 2.45) is 0 Å². The normalized spacial score (nSPS) is 12.1. The Morgan fingerprint density at radius 2 is 2.12 bits per heavy atom. The first-order chi connectivity index (χ1) is 8.06. The van der Waals surface area contributed by atoms with Crippen molar-refractivity contribution in [2.45, 2.75) is 25.7 Å². The van der Waals surface area contributed by atoms with Gasteiger partial charge in [0.05, 0.1) is 0 Å². The minimum atomic E-state index is -0.980. The van der Waals surface area contributed by atoms with Crippen LogP contribution in [0, 0.1) is 15.9 Å². The van der Waals surface area contributed by atoms with Gasteiger partial charge in [-0.15, -0.1) is 0 Å². The Balaban J connectivity index is 3.01. The number of carbonyl (C=O) groups excluding carboxylic acids is 1. The smallest absolute Gasteiger partial charge is 0.217 e. The second-order valence-electron chi connectivity index (χ2n) is 3.81. The number of nitrogens with zero attached hydrogens (tertiary/aromatic N) is 1. The second-order valence-corrected chi connectivity index (χ2v) is 3.81. The quantitative estimate of drug-likeness (QED) is 0.566. The lowest BCUT2D eigenvalue weighted by atomic mass is 9.92. The molecule has 1 aromatic rings. The summed E-state index contributed by atoms with van der Waals surface area (Å²) in [6, 6.07) is 5.70. The molecule has 4 nitrogen and oxygen atoms in total. The molecule has 0 radical (unpaired) electrons. The number of ketones is 1. The first kappa shape index (κ1) is 13.3. The number of hydrogen-bond acceptors (Lipinski definition) is 3. The van der Waals surface area contributed by atoms with Gasteiger partial charge in [-0.1, -0.05) is 25.1 Å². The Labute approximate surface area is 98.6 Å². The third-order valence-electron chi connectivity index (χ3n) is 2.50. The van der Waals surface area contributed by atoms with Gasteiger partial charge in [0.15, 0.2) is 0 Å². The van der Waals surface area contributed by atoms with Crippen LogP contribution in [0.4, 0.5) is 4.39 Å². The van der Waals surface area contributed by atoms with Gasteiger partial charge < -0.3 is 0 Å². The molecular formula is C12H14FNO3. The molecule has 17 heavy (non-hydrogen) atoms. The van der Waals surface area contributed by atoms with Crippen LogP contribution >= 0.6 is 0 Å². The molecule has 0 unspecified atom stereocenters. The van der Waals surface area contributed by atoms with Crippen LogP contribution < -0.4 is 0 Å². The van der Waals surface area contributed by atoms with Crippen molar-refractivity contribution >= 4 is 5.78 Å². The van der Waals surface area contributed by atoms with Crippen molar-refractivity contribution < 1.29 is 14.1 Å². The summed E-state index contributed by atoms with van der Waals surface area (Å²) < 4.78 is 13.5. The first-order valence-corrected chi connectivity index (χ1v) is 5.45. The van der Waals surface area contributed by atoms with Crippen LogP contribution in [0.1, 0.15) is 31.2 Å². The molecule has 0 saturated heterocycles. The molecule has 1 atom stereocenters. The number of carbonyl (C=O) groups is 1. The molecule has 0 aliphatic rings. The highest BCUT2D eigenvalue weighted by Crippen LogP contribution is 2.22. The molecule has 0 spiro atoms. The summed E-state index contributed by atoms with van der Waals surface area (Å²) in [7, 11) is 0. The Bertz CT molecular complexity index is 420. The van der Waals surface area contributed by atoms with Crippen molar-refractivity contribution in [1.82, 2.24) is 0 Å². The van der Waals surface area contributed by atoms with Gasteiger partial charge >= 0.3 is 0 Å². The summed E-state index contributed by atoms with van der Waals surface area (Å²) in [5, 5.41) is 10.5. The van der Waals surface area contributed by atoms with Crippen molar-refractivity contribution in [1.29, 1.82) is 0 Å². The maximum absolute atomic E-state index is 13.5. The minimum absolute atomic E-state index is 0.114. The maximum atomic E-state index is 13.5. The molecule has 0 saturated carbocycles. The zero-order valence-corrected chi connectivity index (χ0v) is 9.56. The molecule has 92 valence electrons. The monoisotopic (exact) mass is 239 g/mol. The van der Waals surface area contributed by atoms with E-state index in [1.165, 1.54) is 18.2 Å². The molecule has 0 aliphatic carbocycles. The summed E-state index contributed by atoms with van der Waals surface area (Å²) in [6.45, 7) is 1.25. The van der Waals surface area contributed by atoms with E-state index in [2.05, 4.69) is 0 Å². The van der Waals surface area contributed by atoms with Crippen LogP contribution in [0.3, 0.4) is 0 Å². The molecule has 0 aliphatic heterocycles. The minimum Gasteiger partial charge on any atom is -0.299 e. The topological polar surface area (TPSA) is 60.2 Å². The maximum Gasteiger partial charge on any atom is 0.217 e. The molecular weight excluding hydrogens is 225 g/mol. The van der Waals surface area contributed by atoms with Crippen molar-refractivity contribution in [2.75, 3.05) is 6.54 Å². The van der Waals surface area contributed by atoms with Gasteiger partial charge in [0, 0.05) is 16.9 Å². The molecule has 0 aromatic heterocycles. The van der Waals surface area contributed by atoms with Gasteiger partial charge in [-0.05, 0) is 12.5 Å². The summed E-state index contributed by atoms with van der Waals surface area (Å²) in [5.41, 5.74) is 0.114. The Morgan fingerprint density at radius 3 is 2.65 bits per heavy atom. The van der Waals surface area contributed by atoms with E-state index in [9.17, 15) is 19.3 Å². The van der Waals surface area contributed by atoms with Gasteiger partial charge in [0.2, 0.25) is 6.54 Å². The predicted molar refractivity (Wildman–Crippen MR) is 60.9 cm³/mol. The summed E-state index contributed by atoms with van der Waals surface area (Å²) >= 11 is 0. The fraction of sp³-hybridized carbons (Fsp3) is 0.417. The number of hydrogen-bond donors (Lipinski definition) is 0.